The van der Waals surface area contributed by atoms with Gasteiger partial charge in [-0.05, 0) is 12.1 Å². The third-order valence-electron chi connectivity index (χ3n) is 2.10. The fourth-order valence-electron chi connectivity index (χ4n) is 1.46. The van der Waals surface area contributed by atoms with Crippen LogP contribution in [0.25, 0.3) is 10.9 Å². The lowest BCUT2D eigenvalue weighted by Crippen LogP contribution is -2.27. The number of aromatic nitrogens is 2. The SMILES string of the molecule is COc1nc(=O)n(OC)c2ccccc12. The molecular weight excluding hydrogens is 196 g/mol. The van der Waals surface area contributed by atoms with E-state index in [2.05, 4.69) is 4.98 Å². The molecule has 5 heteroatoms. The molecule has 0 amide bonds. The van der Waals surface area contributed by atoms with E-state index in [1.165, 1.54) is 14.2 Å². The van der Waals surface area contributed by atoms with Gasteiger partial charge in [-0.3, -0.25) is 0 Å². The first-order valence-corrected chi connectivity index (χ1v) is 4.38. The molecule has 0 spiro atoms. The van der Waals surface area contributed by atoms with Crippen LogP contribution in [-0.4, -0.2) is 23.9 Å². The lowest BCUT2D eigenvalue weighted by Gasteiger charge is -2.09. The first-order chi connectivity index (χ1) is 7.27. The van der Waals surface area contributed by atoms with Crippen LogP contribution in [0, 0.1) is 0 Å². The lowest BCUT2D eigenvalue weighted by molar-refractivity contribution is 0.164. The molecule has 2 rings (SSSR count). The summed E-state index contributed by atoms with van der Waals surface area (Å²) in [5.74, 6) is 0.309. The van der Waals surface area contributed by atoms with Gasteiger partial charge in [-0.2, -0.15) is 4.98 Å². The van der Waals surface area contributed by atoms with Crippen molar-refractivity contribution in [3.63, 3.8) is 0 Å². The van der Waals surface area contributed by atoms with Crippen LogP contribution < -0.4 is 15.3 Å². The highest BCUT2D eigenvalue weighted by Crippen LogP contribution is 2.19. The molecule has 0 radical (unpaired) electrons. The number of para-hydroxylation sites is 1. The summed E-state index contributed by atoms with van der Waals surface area (Å²) in [7, 11) is 2.90. The number of benzene rings is 1. The maximum atomic E-state index is 11.5. The highest BCUT2D eigenvalue weighted by molar-refractivity contribution is 5.83. The fraction of sp³-hybridized carbons (Fsp3) is 0.200. The third kappa shape index (κ3) is 1.41. The van der Waals surface area contributed by atoms with Gasteiger partial charge in [-0.1, -0.05) is 12.1 Å². The Morgan fingerprint density at radius 3 is 2.67 bits per heavy atom. The molecule has 2 aromatic rings. The average Bonchev–Trinajstić information content (AvgIpc) is 2.28. The minimum Gasteiger partial charge on any atom is -0.480 e. The molecule has 0 aliphatic rings. The van der Waals surface area contributed by atoms with Gasteiger partial charge in [0.25, 0.3) is 0 Å². The minimum atomic E-state index is -0.493. The highest BCUT2D eigenvalue weighted by Gasteiger charge is 2.09. The van der Waals surface area contributed by atoms with Crippen molar-refractivity contribution in [2.24, 2.45) is 0 Å². The van der Waals surface area contributed by atoms with E-state index in [4.69, 9.17) is 9.57 Å². The molecule has 0 aliphatic carbocycles. The normalized spacial score (nSPS) is 10.3. The van der Waals surface area contributed by atoms with Gasteiger partial charge < -0.3 is 9.57 Å². The summed E-state index contributed by atoms with van der Waals surface area (Å²) in [4.78, 5) is 20.2. The van der Waals surface area contributed by atoms with Gasteiger partial charge in [0.05, 0.1) is 18.0 Å². The predicted molar refractivity (Wildman–Crippen MR) is 55.1 cm³/mol. The van der Waals surface area contributed by atoms with Crippen molar-refractivity contribution >= 4 is 10.9 Å². The van der Waals surface area contributed by atoms with E-state index in [0.29, 0.717) is 11.4 Å². The summed E-state index contributed by atoms with van der Waals surface area (Å²) < 4.78 is 6.15. The topological polar surface area (TPSA) is 53.3 Å². The van der Waals surface area contributed by atoms with E-state index in [1.807, 2.05) is 18.2 Å². The first-order valence-electron chi connectivity index (χ1n) is 4.38. The number of fused-ring (bicyclic) bond motifs is 1. The number of hydrogen-bond donors (Lipinski definition) is 0. The molecule has 0 aliphatic heterocycles. The highest BCUT2D eigenvalue weighted by atomic mass is 16.7. The van der Waals surface area contributed by atoms with Crippen LogP contribution in [0.3, 0.4) is 0 Å². The Morgan fingerprint density at radius 1 is 1.27 bits per heavy atom. The van der Waals surface area contributed by atoms with Crippen molar-refractivity contribution in [1.29, 1.82) is 0 Å². The summed E-state index contributed by atoms with van der Waals surface area (Å²) in [6.07, 6.45) is 0. The predicted octanol–water partition coefficient (Wildman–Crippen LogP) is 0.463. The minimum absolute atomic E-state index is 0.309. The Bertz CT molecular complexity index is 548. The molecule has 78 valence electrons. The molecule has 0 fully saturated rings. The van der Waals surface area contributed by atoms with Gasteiger partial charge in [0.15, 0.2) is 0 Å². The number of ether oxygens (including phenoxy) is 1. The Morgan fingerprint density at radius 2 is 2.00 bits per heavy atom. The summed E-state index contributed by atoms with van der Waals surface area (Å²) >= 11 is 0. The van der Waals surface area contributed by atoms with Gasteiger partial charge in [-0.25, -0.2) is 4.79 Å². The van der Waals surface area contributed by atoms with Crippen LogP contribution in [-0.2, 0) is 0 Å². The molecule has 5 nitrogen and oxygen atoms in total. The van der Waals surface area contributed by atoms with Crippen LogP contribution >= 0.6 is 0 Å². The number of rotatable bonds is 2. The second-order valence-electron chi connectivity index (χ2n) is 2.90. The molecule has 0 saturated carbocycles. The molecule has 0 N–H and O–H groups in total. The molecule has 1 heterocycles. The summed E-state index contributed by atoms with van der Waals surface area (Å²) in [5, 5.41) is 0.737. The van der Waals surface area contributed by atoms with Crippen molar-refractivity contribution < 1.29 is 9.57 Å². The van der Waals surface area contributed by atoms with E-state index in [1.54, 1.807) is 6.07 Å². The van der Waals surface area contributed by atoms with Crippen LogP contribution in [0.1, 0.15) is 0 Å². The fourth-order valence-corrected chi connectivity index (χ4v) is 1.46. The van der Waals surface area contributed by atoms with Crippen molar-refractivity contribution in [2.75, 3.05) is 14.2 Å². The maximum absolute atomic E-state index is 11.5. The third-order valence-corrected chi connectivity index (χ3v) is 2.10. The van der Waals surface area contributed by atoms with Crippen LogP contribution in [0.4, 0.5) is 0 Å². The molecule has 0 bridgehead atoms. The zero-order valence-corrected chi connectivity index (χ0v) is 8.43. The summed E-state index contributed by atoms with van der Waals surface area (Å²) in [6.45, 7) is 0. The van der Waals surface area contributed by atoms with Gasteiger partial charge in [-0.15, -0.1) is 4.73 Å². The Labute approximate surface area is 85.8 Å². The smallest absolute Gasteiger partial charge is 0.384 e. The Kier molecular flexibility index (Phi) is 2.29. The van der Waals surface area contributed by atoms with E-state index in [-0.39, 0.29) is 0 Å². The zero-order valence-electron chi connectivity index (χ0n) is 8.43. The lowest BCUT2D eigenvalue weighted by atomic mass is 10.2. The van der Waals surface area contributed by atoms with Gasteiger partial charge in [0.1, 0.15) is 7.11 Å². The van der Waals surface area contributed by atoms with E-state index < -0.39 is 5.69 Å². The second kappa shape index (κ2) is 3.61. The number of hydrogen-bond acceptors (Lipinski definition) is 4. The molecule has 0 saturated heterocycles. The Hall–Kier alpha value is -2.04. The average molecular weight is 206 g/mol. The summed E-state index contributed by atoms with van der Waals surface area (Å²) in [5.41, 5.74) is 0.143. The van der Waals surface area contributed by atoms with Gasteiger partial charge in [0.2, 0.25) is 5.88 Å². The van der Waals surface area contributed by atoms with Gasteiger partial charge in [0, 0.05) is 0 Å². The van der Waals surface area contributed by atoms with Gasteiger partial charge >= 0.3 is 5.69 Å². The summed E-state index contributed by atoms with van der Waals surface area (Å²) in [6, 6.07) is 7.24. The van der Waals surface area contributed by atoms with Crippen LogP contribution in [0.2, 0.25) is 0 Å². The van der Waals surface area contributed by atoms with Crippen molar-refractivity contribution in [2.45, 2.75) is 0 Å². The van der Waals surface area contributed by atoms with E-state index >= 15 is 0 Å². The van der Waals surface area contributed by atoms with Crippen molar-refractivity contribution in [3.05, 3.63) is 34.7 Å². The van der Waals surface area contributed by atoms with Crippen LogP contribution in [0.15, 0.2) is 29.1 Å². The van der Waals surface area contributed by atoms with Crippen molar-refractivity contribution in [3.8, 4) is 5.88 Å². The number of nitrogens with zero attached hydrogens (tertiary/aromatic N) is 2. The molecule has 0 unspecified atom stereocenters. The molecule has 0 atom stereocenters. The molecule has 1 aromatic carbocycles. The van der Waals surface area contributed by atoms with Crippen LogP contribution in [0.5, 0.6) is 5.88 Å². The molecule has 1 aromatic heterocycles. The molecular formula is C10H10N2O3. The van der Waals surface area contributed by atoms with Crippen molar-refractivity contribution in [1.82, 2.24) is 9.71 Å². The zero-order chi connectivity index (χ0) is 10.8. The number of methoxy groups -OCH3 is 1. The van der Waals surface area contributed by atoms with E-state index in [0.717, 1.165) is 10.1 Å². The largest absolute Gasteiger partial charge is 0.480 e. The maximum Gasteiger partial charge on any atom is 0.384 e. The standard InChI is InChI=1S/C10H10N2O3/c1-14-9-7-5-3-4-6-8(7)12(15-2)10(13)11-9/h3-6H,1-2H3. The molecule has 15 heavy (non-hydrogen) atoms. The first kappa shape index (κ1) is 9.51. The second-order valence-corrected chi connectivity index (χ2v) is 2.90. The quantitative estimate of drug-likeness (QED) is 0.716. The Balaban J connectivity index is 2.92. The van der Waals surface area contributed by atoms with E-state index in [9.17, 15) is 4.79 Å². The monoisotopic (exact) mass is 206 g/mol.